The van der Waals surface area contributed by atoms with Crippen molar-refractivity contribution >= 4 is 5.91 Å². The van der Waals surface area contributed by atoms with Gasteiger partial charge in [-0.05, 0) is 44.7 Å². The summed E-state index contributed by atoms with van der Waals surface area (Å²) in [5.41, 5.74) is 2.09. The third-order valence-corrected chi connectivity index (χ3v) is 3.90. The molecule has 0 saturated carbocycles. The number of amides is 1. The van der Waals surface area contributed by atoms with Crippen molar-refractivity contribution in [3.8, 4) is 0 Å². The van der Waals surface area contributed by atoms with Crippen LogP contribution in [0, 0.1) is 0 Å². The molecule has 0 aliphatic heterocycles. The predicted molar refractivity (Wildman–Crippen MR) is 109 cm³/mol. The Bertz CT molecular complexity index is 612. The Hall–Kier alpha value is -2.63. The molecule has 27 heavy (non-hydrogen) atoms. The molecule has 6 heteroatoms. The molecule has 6 nitrogen and oxygen atoms in total. The first-order chi connectivity index (χ1) is 13.2. The fourth-order valence-electron chi connectivity index (χ4n) is 2.40. The Kier molecular flexibility index (Phi) is 12.1. The summed E-state index contributed by atoms with van der Waals surface area (Å²) < 4.78 is 5.55. The number of benzene rings is 1. The number of unbranched alkanes of at least 4 members (excludes halogenated alkanes) is 1. The molecule has 1 amide bonds. The van der Waals surface area contributed by atoms with E-state index in [4.69, 9.17) is 4.74 Å². The van der Waals surface area contributed by atoms with Gasteiger partial charge < -0.3 is 15.4 Å². The largest absolute Gasteiger partial charge is 0.475 e. The van der Waals surface area contributed by atoms with E-state index in [-0.39, 0.29) is 5.91 Å². The first-order valence-electron chi connectivity index (χ1n) is 9.47. The summed E-state index contributed by atoms with van der Waals surface area (Å²) in [4.78, 5) is 11.8. The van der Waals surface area contributed by atoms with Gasteiger partial charge in [-0.25, -0.2) is 0 Å². The molecule has 0 aliphatic carbocycles. The maximum Gasteiger partial charge on any atom is 0.220 e. The Morgan fingerprint density at radius 1 is 1.11 bits per heavy atom. The Morgan fingerprint density at radius 2 is 1.85 bits per heavy atom. The lowest BCUT2D eigenvalue weighted by Gasteiger charge is -2.11. The minimum atomic E-state index is 0.0760. The highest BCUT2D eigenvalue weighted by Gasteiger charge is 2.02. The second-order valence-electron chi connectivity index (χ2n) is 6.11. The van der Waals surface area contributed by atoms with Gasteiger partial charge in [-0.2, -0.15) is 10.2 Å². The molecule has 0 heterocycles. The summed E-state index contributed by atoms with van der Waals surface area (Å²) in [5, 5.41) is 13.9. The first-order valence-corrected chi connectivity index (χ1v) is 9.47. The predicted octanol–water partition coefficient (Wildman–Crippen LogP) is 4.32. The average Bonchev–Trinajstić information content (AvgIpc) is 2.69. The van der Waals surface area contributed by atoms with Crippen LogP contribution in [0.2, 0.25) is 0 Å². The van der Waals surface area contributed by atoms with Crippen LogP contribution in [-0.2, 0) is 16.1 Å². The third-order valence-electron chi connectivity index (χ3n) is 3.90. The van der Waals surface area contributed by atoms with E-state index in [0.717, 1.165) is 36.9 Å². The van der Waals surface area contributed by atoms with Gasteiger partial charge in [-0.3, -0.25) is 4.79 Å². The van der Waals surface area contributed by atoms with Gasteiger partial charge in [0.25, 0.3) is 0 Å². The summed E-state index contributed by atoms with van der Waals surface area (Å²) in [6.07, 6.45) is 6.00. The van der Waals surface area contributed by atoms with Crippen molar-refractivity contribution in [3.05, 3.63) is 60.1 Å². The van der Waals surface area contributed by atoms with E-state index in [9.17, 15) is 4.79 Å². The lowest BCUT2D eigenvalue weighted by atomic mass is 10.2. The highest BCUT2D eigenvalue weighted by molar-refractivity contribution is 5.75. The van der Waals surface area contributed by atoms with Crippen molar-refractivity contribution in [2.75, 3.05) is 20.1 Å². The van der Waals surface area contributed by atoms with Crippen LogP contribution in [0.5, 0.6) is 0 Å². The number of allylic oxidation sites excluding steroid dienone is 2. The van der Waals surface area contributed by atoms with E-state index in [1.165, 1.54) is 0 Å². The topological polar surface area (TPSA) is 75.1 Å². The molecule has 0 bridgehead atoms. The molecule has 0 aliphatic rings. The minimum Gasteiger partial charge on any atom is -0.475 e. The molecule has 1 aromatic rings. The van der Waals surface area contributed by atoms with Gasteiger partial charge in [0.15, 0.2) is 5.88 Å². The van der Waals surface area contributed by atoms with Gasteiger partial charge >= 0.3 is 0 Å². The van der Waals surface area contributed by atoms with Crippen molar-refractivity contribution in [3.63, 3.8) is 0 Å². The Morgan fingerprint density at radius 3 is 2.56 bits per heavy atom. The number of carbonyl (C=O) groups is 1. The van der Waals surface area contributed by atoms with Crippen molar-refractivity contribution < 1.29 is 9.53 Å². The second kappa shape index (κ2) is 14.5. The van der Waals surface area contributed by atoms with E-state index in [2.05, 4.69) is 27.4 Å². The smallest absolute Gasteiger partial charge is 0.220 e. The van der Waals surface area contributed by atoms with E-state index in [0.29, 0.717) is 32.0 Å². The molecule has 148 valence electrons. The second-order valence-corrected chi connectivity index (χ2v) is 6.11. The summed E-state index contributed by atoms with van der Waals surface area (Å²) in [6.45, 7) is 7.64. The normalized spacial score (nSPS) is 11.4. The van der Waals surface area contributed by atoms with Crippen molar-refractivity contribution in [1.82, 2.24) is 10.6 Å². The maximum atomic E-state index is 11.8. The summed E-state index contributed by atoms with van der Waals surface area (Å²) in [6, 6.07) is 9.93. The van der Waals surface area contributed by atoms with Gasteiger partial charge in [0.2, 0.25) is 5.91 Å². The van der Waals surface area contributed by atoms with E-state index in [1.54, 1.807) is 7.05 Å². The molecule has 0 aromatic heterocycles. The van der Waals surface area contributed by atoms with Gasteiger partial charge in [0.05, 0.1) is 5.70 Å². The van der Waals surface area contributed by atoms with Gasteiger partial charge in [-0.1, -0.05) is 36.4 Å². The quantitative estimate of drug-likeness (QED) is 0.290. The molecule has 0 fully saturated rings. The monoisotopic (exact) mass is 372 g/mol. The van der Waals surface area contributed by atoms with Crippen LogP contribution < -0.4 is 10.6 Å². The highest BCUT2D eigenvalue weighted by Crippen LogP contribution is 2.08. The fourth-order valence-corrected chi connectivity index (χ4v) is 2.40. The molecule has 1 aromatic carbocycles. The number of hydrogen-bond acceptors (Lipinski definition) is 5. The first kappa shape index (κ1) is 22.4. The van der Waals surface area contributed by atoms with Gasteiger partial charge in [0.1, 0.15) is 6.61 Å². The summed E-state index contributed by atoms with van der Waals surface area (Å²) in [5.74, 6) is 0.607. The number of azo groups is 1. The Balaban J connectivity index is 1.99. The van der Waals surface area contributed by atoms with Crippen LogP contribution in [0.4, 0.5) is 0 Å². The standard InChI is InChI=1S/C21H32N4O2/c1-4-20(25-22-3)13-8-9-15-24-21(26)14-10-16-23-18(2)27-17-19-11-6-5-7-12-19/h4-7,11-12,23H,2,8-10,13-17H2,1,3H3,(H,24,26)/b20-4-,25-22?. The molecular formula is C21H32N4O2. The molecule has 0 unspecified atom stereocenters. The number of rotatable bonds is 14. The van der Waals surface area contributed by atoms with Crippen molar-refractivity contribution in [2.45, 2.75) is 45.6 Å². The van der Waals surface area contributed by atoms with Crippen molar-refractivity contribution in [1.29, 1.82) is 0 Å². The SMILES string of the molecule is C=C(NCCCC(=O)NCCCC/C(=C/C)N=NC)OCc1ccccc1. The lowest BCUT2D eigenvalue weighted by molar-refractivity contribution is -0.121. The fraction of sp³-hybridized carbons (Fsp3) is 0.476. The van der Waals surface area contributed by atoms with Gasteiger partial charge in [0, 0.05) is 26.6 Å². The zero-order valence-corrected chi connectivity index (χ0v) is 16.5. The van der Waals surface area contributed by atoms with Crippen molar-refractivity contribution in [2.24, 2.45) is 10.2 Å². The molecule has 2 N–H and O–H groups in total. The maximum absolute atomic E-state index is 11.8. The average molecular weight is 373 g/mol. The zero-order chi connectivity index (χ0) is 19.7. The van der Waals surface area contributed by atoms with Crippen LogP contribution in [0.3, 0.4) is 0 Å². The number of ether oxygens (including phenoxy) is 1. The number of nitrogens with one attached hydrogen (secondary N) is 2. The minimum absolute atomic E-state index is 0.0760. The molecule has 0 radical (unpaired) electrons. The number of nitrogens with zero attached hydrogens (tertiary/aromatic N) is 2. The molecule has 0 atom stereocenters. The van der Waals surface area contributed by atoms with E-state index >= 15 is 0 Å². The molecule has 0 spiro atoms. The summed E-state index contributed by atoms with van der Waals surface area (Å²) >= 11 is 0. The molecular weight excluding hydrogens is 340 g/mol. The molecule has 0 saturated heterocycles. The van der Waals surface area contributed by atoms with E-state index < -0.39 is 0 Å². The molecule has 1 rings (SSSR count). The highest BCUT2D eigenvalue weighted by atomic mass is 16.5. The number of hydrogen-bond donors (Lipinski definition) is 2. The lowest BCUT2D eigenvalue weighted by Crippen LogP contribution is -2.25. The third kappa shape index (κ3) is 11.6. The van der Waals surface area contributed by atoms with Crippen LogP contribution >= 0.6 is 0 Å². The van der Waals surface area contributed by atoms with Gasteiger partial charge in [-0.15, -0.1) is 0 Å². The van der Waals surface area contributed by atoms with Crippen LogP contribution in [0.1, 0.15) is 44.6 Å². The van der Waals surface area contributed by atoms with Crippen LogP contribution in [-0.4, -0.2) is 26.0 Å². The van der Waals surface area contributed by atoms with E-state index in [1.807, 2.05) is 43.3 Å². The van der Waals surface area contributed by atoms with Crippen LogP contribution in [0.25, 0.3) is 0 Å². The Labute approximate surface area is 162 Å². The summed E-state index contributed by atoms with van der Waals surface area (Å²) in [7, 11) is 1.67. The zero-order valence-electron chi connectivity index (χ0n) is 16.5. The number of carbonyl (C=O) groups excluding carboxylic acids is 1. The van der Waals surface area contributed by atoms with Crippen LogP contribution in [0.15, 0.2) is 64.8 Å².